The Morgan fingerprint density at radius 1 is 1.25 bits per heavy atom. The van der Waals surface area contributed by atoms with Gasteiger partial charge >= 0.3 is 0 Å². The summed E-state index contributed by atoms with van der Waals surface area (Å²) in [6.45, 7) is 3.80. The molecule has 4 heteroatoms. The van der Waals surface area contributed by atoms with Crippen molar-refractivity contribution in [2.75, 3.05) is 6.61 Å². The molecule has 0 atom stereocenters. The van der Waals surface area contributed by atoms with Crippen LogP contribution in [0.15, 0.2) is 46.4 Å². The van der Waals surface area contributed by atoms with Crippen molar-refractivity contribution in [1.82, 2.24) is 4.57 Å². The standard InChI is InChI=1S/C16H16BrNOS/c1-2-7-19-14-3-4-16-12(8-14)5-6-18(16)10-15-9-13(17)11-20-15/h3-6,8-9,11H,2,7,10H2,1H3. The minimum atomic E-state index is 0.773. The molecule has 0 aliphatic carbocycles. The lowest BCUT2D eigenvalue weighted by molar-refractivity contribution is 0.318. The molecule has 0 saturated heterocycles. The number of fused-ring (bicyclic) bond motifs is 1. The van der Waals surface area contributed by atoms with E-state index in [-0.39, 0.29) is 0 Å². The van der Waals surface area contributed by atoms with Gasteiger partial charge in [0.1, 0.15) is 5.75 Å². The van der Waals surface area contributed by atoms with Crippen molar-refractivity contribution in [2.45, 2.75) is 19.9 Å². The summed E-state index contributed by atoms with van der Waals surface area (Å²) < 4.78 is 9.11. The molecule has 104 valence electrons. The molecule has 0 saturated carbocycles. The van der Waals surface area contributed by atoms with E-state index in [0.717, 1.165) is 29.8 Å². The molecule has 0 radical (unpaired) electrons. The Hall–Kier alpha value is -1.26. The summed E-state index contributed by atoms with van der Waals surface area (Å²) in [6.07, 6.45) is 3.17. The Kier molecular flexibility index (Phi) is 4.13. The average Bonchev–Trinajstić information content (AvgIpc) is 3.04. The molecular weight excluding hydrogens is 334 g/mol. The molecule has 0 aliphatic rings. The molecule has 20 heavy (non-hydrogen) atoms. The van der Waals surface area contributed by atoms with Crippen LogP contribution in [0.1, 0.15) is 18.2 Å². The summed E-state index contributed by atoms with van der Waals surface area (Å²) in [4.78, 5) is 1.35. The van der Waals surface area contributed by atoms with E-state index in [0.29, 0.717) is 0 Å². The van der Waals surface area contributed by atoms with Gasteiger partial charge < -0.3 is 9.30 Å². The van der Waals surface area contributed by atoms with Crippen molar-refractivity contribution in [3.05, 3.63) is 51.3 Å². The molecule has 0 unspecified atom stereocenters. The number of nitrogens with zero attached hydrogens (tertiary/aromatic N) is 1. The molecule has 2 nitrogen and oxygen atoms in total. The summed E-state index contributed by atoms with van der Waals surface area (Å²) in [5, 5.41) is 3.35. The van der Waals surface area contributed by atoms with Gasteiger partial charge in [-0.25, -0.2) is 0 Å². The molecule has 3 rings (SSSR count). The van der Waals surface area contributed by atoms with Gasteiger partial charge in [-0.05, 0) is 52.7 Å². The zero-order valence-corrected chi connectivity index (χ0v) is 13.7. The van der Waals surface area contributed by atoms with Crippen molar-refractivity contribution < 1.29 is 4.74 Å². The Bertz CT molecular complexity index is 716. The normalized spacial score (nSPS) is 11.1. The van der Waals surface area contributed by atoms with Crippen molar-refractivity contribution in [1.29, 1.82) is 0 Å². The summed E-state index contributed by atoms with van der Waals surface area (Å²) in [5.41, 5.74) is 1.25. The van der Waals surface area contributed by atoms with Gasteiger partial charge in [-0.15, -0.1) is 11.3 Å². The Labute approximate surface area is 131 Å². The van der Waals surface area contributed by atoms with E-state index in [1.54, 1.807) is 11.3 Å². The van der Waals surface area contributed by atoms with Gasteiger partial charge in [0.05, 0.1) is 13.2 Å². The number of thiophene rings is 1. The summed E-state index contributed by atoms with van der Waals surface area (Å²) in [6, 6.07) is 10.6. The highest BCUT2D eigenvalue weighted by Gasteiger charge is 2.05. The zero-order valence-electron chi connectivity index (χ0n) is 11.3. The smallest absolute Gasteiger partial charge is 0.120 e. The maximum absolute atomic E-state index is 5.68. The van der Waals surface area contributed by atoms with Crippen molar-refractivity contribution in [2.24, 2.45) is 0 Å². The summed E-state index contributed by atoms with van der Waals surface area (Å²) in [5.74, 6) is 0.955. The Balaban J connectivity index is 1.85. The first kappa shape index (κ1) is 13.7. The third-order valence-electron chi connectivity index (χ3n) is 3.16. The molecule has 0 N–H and O–H groups in total. The second-order valence-electron chi connectivity index (χ2n) is 4.74. The van der Waals surface area contributed by atoms with Crippen LogP contribution in [-0.2, 0) is 6.54 Å². The number of benzene rings is 1. The SMILES string of the molecule is CCCOc1ccc2c(ccn2Cc2cc(Br)cs2)c1. The van der Waals surface area contributed by atoms with E-state index in [1.807, 2.05) is 0 Å². The number of hydrogen-bond acceptors (Lipinski definition) is 2. The molecule has 0 fully saturated rings. The lowest BCUT2D eigenvalue weighted by atomic mass is 10.2. The monoisotopic (exact) mass is 349 g/mol. The van der Waals surface area contributed by atoms with E-state index >= 15 is 0 Å². The molecule has 0 spiro atoms. The van der Waals surface area contributed by atoms with Crippen molar-refractivity contribution in [3.8, 4) is 5.75 Å². The van der Waals surface area contributed by atoms with E-state index in [4.69, 9.17) is 4.74 Å². The number of halogens is 1. The van der Waals surface area contributed by atoms with Gasteiger partial charge in [0.2, 0.25) is 0 Å². The van der Waals surface area contributed by atoms with Gasteiger partial charge in [-0.2, -0.15) is 0 Å². The highest BCUT2D eigenvalue weighted by atomic mass is 79.9. The predicted octanol–water partition coefficient (Wildman–Crippen LogP) is 5.30. The van der Waals surface area contributed by atoms with Crippen molar-refractivity contribution in [3.63, 3.8) is 0 Å². The highest BCUT2D eigenvalue weighted by molar-refractivity contribution is 9.10. The van der Waals surface area contributed by atoms with Crippen LogP contribution >= 0.6 is 27.3 Å². The van der Waals surface area contributed by atoms with Crippen LogP contribution < -0.4 is 4.74 Å². The largest absolute Gasteiger partial charge is 0.494 e. The minimum Gasteiger partial charge on any atom is -0.494 e. The van der Waals surface area contributed by atoms with E-state index in [9.17, 15) is 0 Å². The number of aromatic nitrogens is 1. The average molecular weight is 350 g/mol. The van der Waals surface area contributed by atoms with Gasteiger partial charge in [0.25, 0.3) is 0 Å². The van der Waals surface area contributed by atoms with Gasteiger partial charge in [0, 0.05) is 31.8 Å². The van der Waals surface area contributed by atoms with Crippen molar-refractivity contribution >= 4 is 38.2 Å². The quantitative estimate of drug-likeness (QED) is 0.609. The molecule has 1 aromatic carbocycles. The maximum Gasteiger partial charge on any atom is 0.120 e. The number of hydrogen-bond donors (Lipinski definition) is 0. The van der Waals surface area contributed by atoms with E-state index in [1.165, 1.54) is 15.8 Å². The van der Waals surface area contributed by atoms with Crippen LogP contribution in [0.3, 0.4) is 0 Å². The molecule has 0 bridgehead atoms. The van der Waals surface area contributed by atoms with E-state index in [2.05, 4.69) is 69.3 Å². The zero-order chi connectivity index (χ0) is 13.9. The Morgan fingerprint density at radius 2 is 2.15 bits per heavy atom. The lowest BCUT2D eigenvalue weighted by Gasteiger charge is -2.06. The lowest BCUT2D eigenvalue weighted by Crippen LogP contribution is -1.96. The minimum absolute atomic E-state index is 0.773. The third-order valence-corrected chi connectivity index (χ3v) is 4.85. The molecule has 0 aliphatic heterocycles. The summed E-state index contributed by atoms with van der Waals surface area (Å²) >= 11 is 5.28. The van der Waals surface area contributed by atoms with Gasteiger partial charge in [-0.1, -0.05) is 6.92 Å². The first-order valence-electron chi connectivity index (χ1n) is 6.71. The topological polar surface area (TPSA) is 14.2 Å². The van der Waals surface area contributed by atoms with Crippen LogP contribution in [0.25, 0.3) is 10.9 Å². The Morgan fingerprint density at radius 3 is 2.90 bits per heavy atom. The van der Waals surface area contributed by atoms with E-state index < -0.39 is 0 Å². The summed E-state index contributed by atoms with van der Waals surface area (Å²) in [7, 11) is 0. The van der Waals surface area contributed by atoms with Crippen LogP contribution in [0.4, 0.5) is 0 Å². The molecule has 2 heterocycles. The van der Waals surface area contributed by atoms with Gasteiger partial charge in [-0.3, -0.25) is 0 Å². The molecule has 3 aromatic rings. The fourth-order valence-corrected chi connectivity index (χ4v) is 3.68. The predicted molar refractivity (Wildman–Crippen MR) is 88.8 cm³/mol. The van der Waals surface area contributed by atoms with Crippen LogP contribution in [-0.4, -0.2) is 11.2 Å². The number of rotatable bonds is 5. The fraction of sp³-hybridized carbons (Fsp3) is 0.250. The fourth-order valence-electron chi connectivity index (χ4n) is 2.23. The first-order valence-corrected chi connectivity index (χ1v) is 8.38. The highest BCUT2D eigenvalue weighted by Crippen LogP contribution is 2.25. The number of ether oxygens (including phenoxy) is 1. The molecule has 2 aromatic heterocycles. The molecular formula is C16H16BrNOS. The van der Waals surface area contributed by atoms with Crippen LogP contribution in [0.5, 0.6) is 5.75 Å². The first-order chi connectivity index (χ1) is 9.76. The van der Waals surface area contributed by atoms with Gasteiger partial charge in [0.15, 0.2) is 0 Å². The maximum atomic E-state index is 5.68. The second kappa shape index (κ2) is 6.02. The van der Waals surface area contributed by atoms with Crippen LogP contribution in [0.2, 0.25) is 0 Å². The third kappa shape index (κ3) is 2.91. The van der Waals surface area contributed by atoms with Crippen LogP contribution in [0, 0.1) is 0 Å². The molecule has 0 amide bonds. The second-order valence-corrected chi connectivity index (χ2v) is 6.66.